The average Bonchev–Trinajstić information content (AvgIpc) is 2.69. The van der Waals surface area contributed by atoms with E-state index in [9.17, 15) is 4.79 Å². The molecule has 2 heterocycles. The molecule has 0 bridgehead atoms. The standard InChI is InChI=1S/C19H22BrN3O3/c1-25-15-5-6-16(17(12-15)26-2)19(24)23-10-8-22(9-11-23)13-14-4-3-7-21-18(14)20/h3-7,12H,8-11,13H2,1-2H3. The molecule has 1 amide bonds. The lowest BCUT2D eigenvalue weighted by Crippen LogP contribution is -2.48. The first kappa shape index (κ1) is 18.7. The minimum Gasteiger partial charge on any atom is -0.497 e. The number of aromatic nitrogens is 1. The zero-order valence-corrected chi connectivity index (χ0v) is 16.5. The molecule has 0 radical (unpaired) electrons. The van der Waals surface area contributed by atoms with E-state index in [1.165, 1.54) is 0 Å². The molecule has 0 spiro atoms. The molecular formula is C19H22BrN3O3. The van der Waals surface area contributed by atoms with E-state index in [2.05, 4.69) is 31.9 Å². The summed E-state index contributed by atoms with van der Waals surface area (Å²) >= 11 is 3.49. The van der Waals surface area contributed by atoms with Crippen LogP contribution in [0.2, 0.25) is 0 Å². The highest BCUT2D eigenvalue weighted by Gasteiger charge is 2.24. The van der Waals surface area contributed by atoms with E-state index in [1.807, 2.05) is 11.0 Å². The molecule has 2 aromatic rings. The summed E-state index contributed by atoms with van der Waals surface area (Å²) < 4.78 is 11.4. The van der Waals surface area contributed by atoms with Gasteiger partial charge in [0, 0.05) is 45.0 Å². The lowest BCUT2D eigenvalue weighted by Gasteiger charge is -2.35. The maximum Gasteiger partial charge on any atom is 0.257 e. The lowest BCUT2D eigenvalue weighted by atomic mass is 10.1. The zero-order valence-electron chi connectivity index (χ0n) is 14.9. The van der Waals surface area contributed by atoms with Crippen LogP contribution in [0.25, 0.3) is 0 Å². The number of benzene rings is 1. The second kappa shape index (κ2) is 8.51. The molecule has 1 aliphatic heterocycles. The van der Waals surface area contributed by atoms with Crippen molar-refractivity contribution in [2.45, 2.75) is 6.54 Å². The van der Waals surface area contributed by atoms with Crippen LogP contribution in [-0.2, 0) is 6.54 Å². The fourth-order valence-corrected chi connectivity index (χ4v) is 3.41. The van der Waals surface area contributed by atoms with Crippen molar-refractivity contribution in [3.8, 4) is 11.5 Å². The van der Waals surface area contributed by atoms with E-state index in [0.717, 1.165) is 29.8 Å². The highest BCUT2D eigenvalue weighted by atomic mass is 79.9. The molecule has 1 aromatic heterocycles. The van der Waals surface area contributed by atoms with Gasteiger partial charge < -0.3 is 14.4 Å². The van der Waals surface area contributed by atoms with Crippen LogP contribution in [0.1, 0.15) is 15.9 Å². The van der Waals surface area contributed by atoms with E-state index in [4.69, 9.17) is 9.47 Å². The number of carbonyl (C=O) groups excluding carboxylic acids is 1. The molecule has 0 aliphatic carbocycles. The maximum absolute atomic E-state index is 12.9. The molecule has 0 unspecified atom stereocenters. The first-order valence-corrected chi connectivity index (χ1v) is 9.24. The van der Waals surface area contributed by atoms with Gasteiger partial charge in [-0.1, -0.05) is 6.07 Å². The fraction of sp³-hybridized carbons (Fsp3) is 0.368. The molecule has 26 heavy (non-hydrogen) atoms. The van der Waals surface area contributed by atoms with Crippen molar-refractivity contribution in [2.24, 2.45) is 0 Å². The molecule has 3 rings (SSSR count). The number of rotatable bonds is 5. The Morgan fingerprint density at radius 1 is 1.15 bits per heavy atom. The summed E-state index contributed by atoms with van der Waals surface area (Å²) in [4.78, 5) is 21.3. The van der Waals surface area contributed by atoms with Crippen molar-refractivity contribution in [3.05, 3.63) is 52.3 Å². The summed E-state index contributed by atoms with van der Waals surface area (Å²) in [6, 6.07) is 9.29. The van der Waals surface area contributed by atoms with Gasteiger partial charge in [0.15, 0.2) is 0 Å². The molecule has 1 fully saturated rings. The third kappa shape index (κ3) is 4.16. The molecule has 138 valence electrons. The smallest absolute Gasteiger partial charge is 0.257 e. The number of halogens is 1. The van der Waals surface area contributed by atoms with Crippen LogP contribution >= 0.6 is 15.9 Å². The third-order valence-electron chi connectivity index (χ3n) is 4.53. The summed E-state index contributed by atoms with van der Waals surface area (Å²) in [5.41, 5.74) is 1.72. The van der Waals surface area contributed by atoms with Crippen LogP contribution < -0.4 is 9.47 Å². The van der Waals surface area contributed by atoms with Gasteiger partial charge in [0.1, 0.15) is 16.1 Å². The number of carbonyl (C=O) groups is 1. The normalized spacial score (nSPS) is 15.0. The molecular weight excluding hydrogens is 398 g/mol. The van der Waals surface area contributed by atoms with Gasteiger partial charge in [-0.25, -0.2) is 4.98 Å². The molecule has 0 saturated carbocycles. The van der Waals surface area contributed by atoms with Crippen molar-refractivity contribution >= 4 is 21.8 Å². The summed E-state index contributed by atoms with van der Waals surface area (Å²) in [5.74, 6) is 1.20. The SMILES string of the molecule is COc1ccc(C(=O)N2CCN(Cc3cccnc3Br)CC2)c(OC)c1. The number of hydrogen-bond donors (Lipinski definition) is 0. The monoisotopic (exact) mass is 419 g/mol. The van der Waals surface area contributed by atoms with Gasteiger partial charge in [-0.05, 0) is 39.7 Å². The van der Waals surface area contributed by atoms with Gasteiger partial charge in [0.05, 0.1) is 19.8 Å². The summed E-state index contributed by atoms with van der Waals surface area (Å²) in [6.45, 7) is 3.84. The number of amides is 1. The van der Waals surface area contributed by atoms with E-state index < -0.39 is 0 Å². The number of methoxy groups -OCH3 is 2. The van der Waals surface area contributed by atoms with Gasteiger partial charge >= 0.3 is 0 Å². The van der Waals surface area contributed by atoms with Crippen molar-refractivity contribution in [3.63, 3.8) is 0 Å². The second-order valence-corrected chi connectivity index (χ2v) is 6.84. The van der Waals surface area contributed by atoms with Gasteiger partial charge in [-0.15, -0.1) is 0 Å². The summed E-state index contributed by atoms with van der Waals surface area (Å²) in [6.07, 6.45) is 1.77. The highest BCUT2D eigenvalue weighted by Crippen LogP contribution is 2.26. The van der Waals surface area contributed by atoms with E-state index >= 15 is 0 Å². The number of piperazine rings is 1. The van der Waals surface area contributed by atoms with Crippen molar-refractivity contribution in [2.75, 3.05) is 40.4 Å². The Morgan fingerprint density at radius 3 is 2.58 bits per heavy atom. The third-order valence-corrected chi connectivity index (χ3v) is 5.24. The largest absolute Gasteiger partial charge is 0.497 e. The molecule has 6 nitrogen and oxygen atoms in total. The number of ether oxygens (including phenoxy) is 2. The predicted molar refractivity (Wildman–Crippen MR) is 103 cm³/mol. The Hall–Kier alpha value is -2.12. The molecule has 1 saturated heterocycles. The Morgan fingerprint density at radius 2 is 1.92 bits per heavy atom. The van der Waals surface area contributed by atoms with Gasteiger partial charge in [0.2, 0.25) is 0 Å². The van der Waals surface area contributed by atoms with Crippen LogP contribution in [0.5, 0.6) is 11.5 Å². The molecule has 1 aliphatic rings. The Kier molecular flexibility index (Phi) is 6.11. The van der Waals surface area contributed by atoms with Crippen LogP contribution in [0, 0.1) is 0 Å². The molecule has 0 N–H and O–H groups in total. The maximum atomic E-state index is 12.9. The van der Waals surface area contributed by atoms with Gasteiger partial charge in [0.25, 0.3) is 5.91 Å². The van der Waals surface area contributed by atoms with Crippen LogP contribution in [0.4, 0.5) is 0 Å². The predicted octanol–water partition coefficient (Wildman–Crippen LogP) is 2.82. The topological polar surface area (TPSA) is 54.9 Å². The molecule has 7 heteroatoms. The molecule has 0 atom stereocenters. The van der Waals surface area contributed by atoms with Crippen LogP contribution in [0.3, 0.4) is 0 Å². The quantitative estimate of drug-likeness (QED) is 0.697. The Bertz CT molecular complexity index is 776. The van der Waals surface area contributed by atoms with Crippen molar-refractivity contribution < 1.29 is 14.3 Å². The zero-order chi connectivity index (χ0) is 18.5. The van der Waals surface area contributed by atoms with Gasteiger partial charge in [-0.2, -0.15) is 0 Å². The lowest BCUT2D eigenvalue weighted by molar-refractivity contribution is 0.0625. The second-order valence-electron chi connectivity index (χ2n) is 6.09. The average molecular weight is 420 g/mol. The number of nitrogens with zero attached hydrogens (tertiary/aromatic N) is 3. The Labute approximate surface area is 161 Å². The minimum absolute atomic E-state index is 0.00767. The Balaban J connectivity index is 1.63. The summed E-state index contributed by atoms with van der Waals surface area (Å²) in [7, 11) is 3.16. The van der Waals surface area contributed by atoms with Crippen molar-refractivity contribution in [1.82, 2.24) is 14.8 Å². The van der Waals surface area contributed by atoms with Crippen LogP contribution in [0.15, 0.2) is 41.1 Å². The first-order valence-electron chi connectivity index (χ1n) is 8.45. The van der Waals surface area contributed by atoms with Gasteiger partial charge in [-0.3, -0.25) is 9.69 Å². The van der Waals surface area contributed by atoms with E-state index in [1.54, 1.807) is 38.6 Å². The molecule has 1 aromatic carbocycles. The van der Waals surface area contributed by atoms with E-state index in [-0.39, 0.29) is 5.91 Å². The van der Waals surface area contributed by atoms with Crippen molar-refractivity contribution in [1.29, 1.82) is 0 Å². The minimum atomic E-state index is -0.00767. The highest BCUT2D eigenvalue weighted by molar-refractivity contribution is 9.10. The summed E-state index contributed by atoms with van der Waals surface area (Å²) in [5, 5.41) is 0. The van der Waals surface area contributed by atoms with Crippen LogP contribution in [-0.4, -0.2) is 61.1 Å². The fourth-order valence-electron chi connectivity index (χ4n) is 3.03. The number of hydrogen-bond acceptors (Lipinski definition) is 5. The first-order chi connectivity index (χ1) is 12.6. The van der Waals surface area contributed by atoms with E-state index in [0.29, 0.717) is 30.2 Å². The number of pyridine rings is 1.